The summed E-state index contributed by atoms with van der Waals surface area (Å²) in [6, 6.07) is 5.97. The maximum Gasteiger partial charge on any atom is 0.256 e. The molecule has 0 saturated heterocycles. The number of amides is 1. The van der Waals surface area contributed by atoms with E-state index >= 15 is 0 Å². The third kappa shape index (κ3) is 2.63. The summed E-state index contributed by atoms with van der Waals surface area (Å²) in [6.45, 7) is 5.31. The van der Waals surface area contributed by atoms with E-state index in [9.17, 15) is 4.79 Å². The average Bonchev–Trinajstić information content (AvgIpc) is 3.25. The zero-order chi connectivity index (χ0) is 19.3. The molecule has 1 aromatic carbocycles. The Morgan fingerprint density at radius 3 is 2.86 bits per heavy atom. The molecule has 1 amide bonds. The maximum atomic E-state index is 12.5. The van der Waals surface area contributed by atoms with E-state index in [-0.39, 0.29) is 5.91 Å². The largest absolute Gasteiger partial charge is 0.474 e. The lowest BCUT2D eigenvalue weighted by Crippen LogP contribution is -2.20. The number of rotatable bonds is 2. The first-order chi connectivity index (χ1) is 13.6. The highest BCUT2D eigenvalue weighted by Gasteiger charge is 2.25. The molecule has 0 fully saturated rings. The van der Waals surface area contributed by atoms with Gasteiger partial charge >= 0.3 is 0 Å². The standard InChI is InChI=1S/C21H19N5O2/c1-11-17(10-24-21-19(11)22-5-6-28-21)13-3-4-18-15(7-13)16(20(27)26-18)8-14-9-23-12(2)25-14/h3-4,7-10,22H,5-6H2,1-2H3,(H,23,25)(H,26,27). The number of aryl methyl sites for hydroxylation is 1. The van der Waals surface area contributed by atoms with Crippen LogP contribution in [-0.2, 0) is 4.79 Å². The molecule has 0 aliphatic carbocycles. The van der Waals surface area contributed by atoms with Crippen LogP contribution >= 0.6 is 0 Å². The Hall–Kier alpha value is -3.61. The Labute approximate surface area is 161 Å². The quantitative estimate of drug-likeness (QED) is 0.599. The van der Waals surface area contributed by atoms with Crippen LogP contribution < -0.4 is 15.4 Å². The van der Waals surface area contributed by atoms with Crippen LogP contribution in [0.4, 0.5) is 11.4 Å². The Morgan fingerprint density at radius 1 is 1.14 bits per heavy atom. The molecule has 2 aliphatic heterocycles. The molecule has 5 rings (SSSR count). The average molecular weight is 373 g/mol. The SMILES string of the molecule is Cc1ncc(C=C2C(=O)Nc3ccc(-c4cnc5c(c4C)NCCO5)cc32)[nH]1. The number of aromatic nitrogens is 3. The summed E-state index contributed by atoms with van der Waals surface area (Å²) >= 11 is 0. The van der Waals surface area contributed by atoms with Crippen molar-refractivity contribution in [3.8, 4) is 17.0 Å². The van der Waals surface area contributed by atoms with E-state index < -0.39 is 0 Å². The number of carbonyl (C=O) groups excluding carboxylic acids is 1. The summed E-state index contributed by atoms with van der Waals surface area (Å²) in [7, 11) is 0. The number of ether oxygens (including phenoxy) is 1. The molecule has 2 aliphatic rings. The van der Waals surface area contributed by atoms with Gasteiger partial charge in [0.15, 0.2) is 0 Å². The summed E-state index contributed by atoms with van der Waals surface area (Å²) in [5.41, 5.74) is 7.12. The number of hydrogen-bond acceptors (Lipinski definition) is 5. The number of imidazole rings is 1. The number of nitrogens with one attached hydrogen (secondary N) is 3. The molecule has 3 N–H and O–H groups in total. The lowest BCUT2D eigenvalue weighted by atomic mass is 9.96. The molecule has 0 spiro atoms. The first kappa shape index (κ1) is 16.6. The number of pyridine rings is 1. The fraction of sp³-hybridized carbons (Fsp3) is 0.190. The van der Waals surface area contributed by atoms with E-state index in [2.05, 4.69) is 32.5 Å². The van der Waals surface area contributed by atoms with Crippen molar-refractivity contribution < 1.29 is 9.53 Å². The molecule has 4 heterocycles. The lowest BCUT2D eigenvalue weighted by molar-refractivity contribution is -0.110. The molecule has 0 radical (unpaired) electrons. The molecule has 3 aromatic rings. The van der Waals surface area contributed by atoms with Gasteiger partial charge in [-0.25, -0.2) is 9.97 Å². The smallest absolute Gasteiger partial charge is 0.256 e. The second-order valence-corrected chi connectivity index (χ2v) is 6.95. The van der Waals surface area contributed by atoms with Crippen LogP contribution in [0.5, 0.6) is 5.88 Å². The van der Waals surface area contributed by atoms with Crippen LogP contribution in [0.1, 0.15) is 22.6 Å². The van der Waals surface area contributed by atoms with E-state index in [1.54, 1.807) is 6.20 Å². The zero-order valence-electron chi connectivity index (χ0n) is 15.6. The van der Waals surface area contributed by atoms with Crippen molar-refractivity contribution in [3.63, 3.8) is 0 Å². The predicted octanol–water partition coefficient (Wildman–Crippen LogP) is 3.39. The third-order valence-corrected chi connectivity index (χ3v) is 5.08. The van der Waals surface area contributed by atoms with Crippen molar-refractivity contribution >= 4 is 28.9 Å². The zero-order valence-corrected chi connectivity index (χ0v) is 15.6. The van der Waals surface area contributed by atoms with Crippen LogP contribution in [0.15, 0.2) is 30.6 Å². The molecule has 0 atom stereocenters. The van der Waals surface area contributed by atoms with Gasteiger partial charge in [0.25, 0.3) is 5.91 Å². The molecular formula is C21H19N5O2. The van der Waals surface area contributed by atoms with Gasteiger partial charge in [0, 0.05) is 29.6 Å². The highest BCUT2D eigenvalue weighted by Crippen LogP contribution is 2.39. The molecular weight excluding hydrogens is 354 g/mol. The molecule has 28 heavy (non-hydrogen) atoms. The number of aromatic amines is 1. The van der Waals surface area contributed by atoms with Crippen molar-refractivity contribution in [1.29, 1.82) is 0 Å². The van der Waals surface area contributed by atoms with Gasteiger partial charge in [-0.05, 0) is 43.2 Å². The lowest BCUT2D eigenvalue weighted by Gasteiger charge is -2.21. The van der Waals surface area contributed by atoms with Crippen molar-refractivity contribution in [1.82, 2.24) is 15.0 Å². The third-order valence-electron chi connectivity index (χ3n) is 5.08. The molecule has 7 nitrogen and oxygen atoms in total. The minimum Gasteiger partial charge on any atom is -0.474 e. The van der Waals surface area contributed by atoms with Crippen LogP contribution in [-0.4, -0.2) is 34.0 Å². The Balaban J connectivity index is 1.60. The molecule has 140 valence electrons. The molecule has 0 unspecified atom stereocenters. The molecule has 0 saturated carbocycles. The fourth-order valence-electron chi connectivity index (χ4n) is 3.68. The molecule has 7 heteroatoms. The Morgan fingerprint density at radius 2 is 2.04 bits per heavy atom. The fourth-order valence-corrected chi connectivity index (χ4v) is 3.68. The second kappa shape index (κ2) is 6.23. The van der Waals surface area contributed by atoms with Crippen molar-refractivity contribution in [2.24, 2.45) is 0 Å². The van der Waals surface area contributed by atoms with Crippen molar-refractivity contribution in [3.05, 3.63) is 53.2 Å². The number of hydrogen-bond donors (Lipinski definition) is 3. The highest BCUT2D eigenvalue weighted by molar-refractivity contribution is 6.35. The number of H-pyrrole nitrogens is 1. The molecule has 0 bridgehead atoms. The van der Waals surface area contributed by atoms with Crippen LogP contribution in [0.2, 0.25) is 0 Å². The maximum absolute atomic E-state index is 12.5. The van der Waals surface area contributed by atoms with Crippen LogP contribution in [0, 0.1) is 13.8 Å². The summed E-state index contributed by atoms with van der Waals surface area (Å²) in [6.07, 6.45) is 5.38. The number of carbonyl (C=O) groups is 1. The van der Waals surface area contributed by atoms with E-state index in [1.165, 1.54) is 0 Å². The normalized spacial score (nSPS) is 16.2. The summed E-state index contributed by atoms with van der Waals surface area (Å²) in [4.78, 5) is 24.3. The van der Waals surface area contributed by atoms with E-state index in [1.807, 2.05) is 37.4 Å². The van der Waals surface area contributed by atoms with Crippen molar-refractivity contribution in [2.75, 3.05) is 23.8 Å². The Bertz CT molecular complexity index is 1150. The highest BCUT2D eigenvalue weighted by atomic mass is 16.5. The monoisotopic (exact) mass is 373 g/mol. The minimum absolute atomic E-state index is 0.116. The van der Waals surface area contributed by atoms with Crippen LogP contribution in [0.25, 0.3) is 22.8 Å². The van der Waals surface area contributed by atoms with Gasteiger partial charge in [0.2, 0.25) is 5.88 Å². The van der Waals surface area contributed by atoms with Gasteiger partial charge in [-0.15, -0.1) is 0 Å². The van der Waals surface area contributed by atoms with Crippen LogP contribution in [0.3, 0.4) is 0 Å². The van der Waals surface area contributed by atoms with Gasteiger partial charge in [-0.2, -0.15) is 0 Å². The van der Waals surface area contributed by atoms with E-state index in [4.69, 9.17) is 4.74 Å². The number of benzene rings is 1. The number of fused-ring (bicyclic) bond motifs is 2. The first-order valence-electron chi connectivity index (χ1n) is 9.16. The van der Waals surface area contributed by atoms with Crippen molar-refractivity contribution in [2.45, 2.75) is 13.8 Å². The Kier molecular flexibility index (Phi) is 3.68. The van der Waals surface area contributed by atoms with Gasteiger partial charge < -0.3 is 20.4 Å². The predicted molar refractivity (Wildman–Crippen MR) is 108 cm³/mol. The van der Waals surface area contributed by atoms with Gasteiger partial charge in [-0.1, -0.05) is 6.07 Å². The summed E-state index contributed by atoms with van der Waals surface area (Å²) in [5.74, 6) is 1.33. The van der Waals surface area contributed by atoms with Gasteiger partial charge in [0.1, 0.15) is 18.1 Å². The topological polar surface area (TPSA) is 91.9 Å². The summed E-state index contributed by atoms with van der Waals surface area (Å²) < 4.78 is 5.62. The number of anilines is 2. The number of nitrogens with zero attached hydrogens (tertiary/aromatic N) is 2. The first-order valence-corrected chi connectivity index (χ1v) is 9.16. The van der Waals surface area contributed by atoms with E-state index in [0.717, 1.165) is 51.7 Å². The molecule has 2 aromatic heterocycles. The minimum atomic E-state index is -0.116. The second-order valence-electron chi connectivity index (χ2n) is 6.95. The van der Waals surface area contributed by atoms with E-state index in [0.29, 0.717) is 18.1 Å². The van der Waals surface area contributed by atoms with Gasteiger partial charge in [-0.3, -0.25) is 4.79 Å². The van der Waals surface area contributed by atoms with Gasteiger partial charge in [0.05, 0.1) is 17.5 Å². The summed E-state index contributed by atoms with van der Waals surface area (Å²) in [5, 5.41) is 6.30.